The summed E-state index contributed by atoms with van der Waals surface area (Å²) in [5.41, 5.74) is 13.5. The summed E-state index contributed by atoms with van der Waals surface area (Å²) in [7, 11) is -3.38. The molecule has 19 heteroatoms. The molecule has 0 aliphatic rings. The van der Waals surface area contributed by atoms with Crippen LogP contribution in [0.2, 0.25) is 15.1 Å². The van der Waals surface area contributed by atoms with Crippen LogP contribution in [0.25, 0.3) is 22.5 Å². The first-order valence-electron chi connectivity index (χ1n) is 34.1. The van der Waals surface area contributed by atoms with Crippen LogP contribution >= 0.6 is 68.8 Å². The lowest BCUT2D eigenvalue weighted by atomic mass is 9.99. The molecule has 3 unspecified atom stereocenters. The summed E-state index contributed by atoms with van der Waals surface area (Å²) in [5.74, 6) is 2.65. The Balaban J connectivity index is 0.000000240. The predicted molar refractivity (Wildman–Crippen MR) is 409 cm³/mol. The number of benzene rings is 5. The highest BCUT2D eigenvalue weighted by molar-refractivity contribution is 7.92. The van der Waals surface area contributed by atoms with E-state index in [-0.39, 0.29) is 5.75 Å². The second-order valence-electron chi connectivity index (χ2n) is 24.0. The van der Waals surface area contributed by atoms with Gasteiger partial charge in [-0.3, -0.25) is 4.72 Å². The number of unbranched alkanes of at least 4 members (excludes halogenated alkanes) is 19. The maximum absolute atomic E-state index is 12.3. The highest BCUT2D eigenvalue weighted by atomic mass is 35.5. The molecule has 4 N–H and O–H groups in total. The monoisotopic (exact) mass is 1430 g/mol. The van der Waals surface area contributed by atoms with Crippen molar-refractivity contribution in [3.8, 4) is 34.0 Å². The van der Waals surface area contributed by atoms with Gasteiger partial charge in [-0.1, -0.05) is 265 Å². The smallest absolute Gasteiger partial charge is 0.317 e. The van der Waals surface area contributed by atoms with E-state index in [0.29, 0.717) is 55.0 Å². The van der Waals surface area contributed by atoms with E-state index >= 15 is 0 Å². The number of hydrogen-bond donors (Lipinski definition) is 3. The molecule has 0 spiro atoms. The number of nitrogens with two attached hydrogens (primary N) is 1. The van der Waals surface area contributed by atoms with Crippen molar-refractivity contribution in [3.63, 3.8) is 0 Å². The number of ether oxygens (including phenoxy) is 1. The van der Waals surface area contributed by atoms with Crippen LogP contribution in [0.15, 0.2) is 137 Å². The lowest BCUT2D eigenvalue weighted by Gasteiger charge is -2.15. The summed E-state index contributed by atoms with van der Waals surface area (Å²) in [6.45, 7) is 14.1. The van der Waals surface area contributed by atoms with E-state index in [4.69, 9.17) is 54.4 Å². The molecule has 0 radical (unpaired) electrons. The van der Waals surface area contributed by atoms with E-state index < -0.39 is 21.3 Å². The minimum atomic E-state index is -3.38. The van der Waals surface area contributed by atoms with Gasteiger partial charge in [0.25, 0.3) is 0 Å². The molecule has 0 aliphatic carbocycles. The zero-order chi connectivity index (χ0) is 67.6. The fourth-order valence-corrected chi connectivity index (χ4v) is 15.1. The van der Waals surface area contributed by atoms with E-state index in [0.717, 1.165) is 71.2 Å². The molecule has 5 aromatic carbocycles. The predicted octanol–water partition coefficient (Wildman–Crippen LogP) is 24.6. The number of halogens is 3. The van der Waals surface area contributed by atoms with Crippen LogP contribution in [0, 0.1) is 12.8 Å². The Hall–Kier alpha value is -5.04. The highest BCUT2D eigenvalue weighted by Crippen LogP contribution is 2.32. The minimum Gasteiger partial charge on any atom is -0.493 e. The molecule has 0 fully saturated rings. The van der Waals surface area contributed by atoms with Gasteiger partial charge in [0.2, 0.25) is 10.0 Å². The second kappa shape index (κ2) is 47.0. The summed E-state index contributed by atoms with van der Waals surface area (Å²) in [6, 6.07) is 38.7. The van der Waals surface area contributed by atoms with E-state index in [1.807, 2.05) is 48.7 Å². The summed E-state index contributed by atoms with van der Waals surface area (Å²) in [5, 5.41) is 9.67. The summed E-state index contributed by atoms with van der Waals surface area (Å²) in [6.07, 6.45) is 32.3. The molecular weight excluding hydrogens is 1330 g/mol. The van der Waals surface area contributed by atoms with E-state index in [1.54, 1.807) is 53.1 Å². The van der Waals surface area contributed by atoms with Gasteiger partial charge in [-0.2, -0.15) is 4.21 Å². The number of sulfonamides is 1. The van der Waals surface area contributed by atoms with Gasteiger partial charge in [0.1, 0.15) is 11.5 Å². The van der Waals surface area contributed by atoms with Crippen LogP contribution in [-0.4, -0.2) is 39.9 Å². The molecule has 514 valence electrons. The van der Waals surface area contributed by atoms with Crippen LogP contribution in [0.3, 0.4) is 0 Å². The van der Waals surface area contributed by atoms with E-state index in [1.165, 1.54) is 169 Å². The van der Waals surface area contributed by atoms with Crippen LogP contribution in [0.4, 0.5) is 16.0 Å². The molecule has 94 heavy (non-hydrogen) atoms. The standard InChI is InChI=1S/C24H29NOS.C23H35ClN2O2S2.C21H30Cl2N2O2S2.C7H9N/c1-3-5-9-19(4-2)17-26-22-14-12-21(13-15-22)23-18-27-24(25-23)16-20-10-7-6-8-11-20;1-3-4-5-6-7-8-9-10-11-12-13-19(2)22-18-29-23(25-22)26-30(27)28-21-16-14-20(24)15-17-21;1-2-3-4-5-6-7-8-9-10-11-14-29(26,27)25-21-24-20(16-28-21)17-12-13-18(22)19(23)15-17;1-6-2-4-7(8)5-3-6/h6-8,10-15,18-19H,3-5,9,16-17H2,1-2H3;14-19H,3-13H2,1-2H3,(H,25,26);12-13,15-16H,2-11,14H2,1H3,(H,24,25);2-5H,8H2,1H3. The Labute approximate surface area is 594 Å². The van der Waals surface area contributed by atoms with Crippen molar-refractivity contribution in [1.29, 1.82) is 0 Å². The lowest BCUT2D eigenvalue weighted by Crippen LogP contribution is -2.16. The Morgan fingerprint density at radius 1 is 0.564 bits per heavy atom. The number of hydrogen-bond acceptors (Lipinski definition) is 12. The van der Waals surface area contributed by atoms with Crippen LogP contribution < -0.4 is 24.1 Å². The van der Waals surface area contributed by atoms with E-state index in [9.17, 15) is 12.6 Å². The molecule has 3 heterocycles. The number of anilines is 3. The average Bonchev–Trinajstić information content (AvgIpc) is 2.61. The molecule has 11 nitrogen and oxygen atoms in total. The number of thiazole rings is 3. The number of nitrogens with one attached hydrogen (secondary N) is 2. The number of aryl methyl sites for hydroxylation is 1. The third kappa shape index (κ3) is 33.8. The average molecular weight is 1440 g/mol. The van der Waals surface area contributed by atoms with Gasteiger partial charge in [-0.15, -0.1) is 34.0 Å². The maximum Gasteiger partial charge on any atom is 0.317 e. The summed E-state index contributed by atoms with van der Waals surface area (Å²) < 4.78 is 53.5. The first kappa shape index (κ1) is 79.6. The van der Waals surface area contributed by atoms with Crippen molar-refractivity contribution in [2.75, 3.05) is 27.5 Å². The van der Waals surface area contributed by atoms with Crippen molar-refractivity contribution < 1.29 is 21.5 Å². The zero-order valence-electron chi connectivity index (χ0n) is 56.4. The summed E-state index contributed by atoms with van der Waals surface area (Å²) in [4.78, 5) is 13.7. The molecule has 0 amide bonds. The van der Waals surface area contributed by atoms with Crippen LogP contribution in [0.1, 0.15) is 223 Å². The van der Waals surface area contributed by atoms with Gasteiger partial charge in [-0.25, -0.2) is 28.1 Å². The third-order valence-corrected chi connectivity index (χ3v) is 21.6. The maximum atomic E-state index is 12.3. The van der Waals surface area contributed by atoms with Crippen molar-refractivity contribution in [2.45, 2.75) is 214 Å². The van der Waals surface area contributed by atoms with Gasteiger partial charge >= 0.3 is 11.3 Å². The Kier molecular flexibility index (Phi) is 39.8. The quantitative estimate of drug-likeness (QED) is 0.0251. The number of nitrogen functional groups attached to an aromatic ring is 1. The topological polar surface area (TPSA) is 158 Å². The molecule has 0 aliphatic heterocycles. The normalized spacial score (nSPS) is 12.1. The molecular formula is C75H103Cl3N6O5S5. The molecule has 3 aromatic heterocycles. The molecule has 0 bridgehead atoms. The van der Waals surface area contributed by atoms with Crippen LogP contribution in [0.5, 0.6) is 11.5 Å². The van der Waals surface area contributed by atoms with Crippen molar-refractivity contribution >= 4 is 106 Å². The van der Waals surface area contributed by atoms with Gasteiger partial charge in [0.05, 0.1) is 44.5 Å². The zero-order valence-corrected chi connectivity index (χ0v) is 62.7. The first-order valence-corrected chi connectivity index (χ1v) is 40.6. The lowest BCUT2D eigenvalue weighted by molar-refractivity contribution is 0.233. The number of aromatic nitrogens is 3. The van der Waals surface area contributed by atoms with Gasteiger partial charge in [-0.05, 0) is 116 Å². The third-order valence-electron chi connectivity index (χ3n) is 15.9. The van der Waals surface area contributed by atoms with Crippen molar-refractivity contribution in [1.82, 2.24) is 15.0 Å². The number of rotatable bonds is 40. The molecule has 0 saturated carbocycles. The Morgan fingerprint density at radius 3 is 1.71 bits per heavy atom. The van der Waals surface area contributed by atoms with Gasteiger partial charge in [0.15, 0.2) is 10.3 Å². The second-order valence-corrected chi connectivity index (χ2v) is 30.6. The van der Waals surface area contributed by atoms with Crippen molar-refractivity contribution in [3.05, 3.63) is 174 Å². The van der Waals surface area contributed by atoms with Crippen molar-refractivity contribution in [2.24, 2.45) is 5.92 Å². The first-order chi connectivity index (χ1) is 45.6. The highest BCUT2D eigenvalue weighted by Gasteiger charge is 2.16. The minimum absolute atomic E-state index is 0.130. The molecule has 8 aromatic rings. The Morgan fingerprint density at radius 2 is 1.12 bits per heavy atom. The van der Waals surface area contributed by atoms with Gasteiger partial charge in [0, 0.05) is 44.4 Å². The van der Waals surface area contributed by atoms with Gasteiger partial charge < -0.3 is 14.7 Å². The molecule has 3 atom stereocenters. The Bertz CT molecular complexity index is 3380. The SMILES string of the molecule is CCCCC(CC)COc1ccc(-c2csc(Cc3ccccc3)n2)cc1.CCCCCCCCCCCCC(C)c1csc(NS(=O)Oc2ccc(Cl)cc2)n1.CCCCCCCCCCCCS(=O)(=O)Nc1nc(-c2ccc(Cl)c(Cl)c2)cs1.Cc1ccc(N)cc1. The van der Waals surface area contributed by atoms with Crippen LogP contribution in [-0.2, 0) is 27.7 Å². The summed E-state index contributed by atoms with van der Waals surface area (Å²) >= 11 is 20.6. The number of nitrogens with zero attached hydrogens (tertiary/aromatic N) is 3. The largest absolute Gasteiger partial charge is 0.493 e. The fraction of sp³-hybridized carbons (Fsp3) is 0.480. The fourth-order valence-electron chi connectivity index (χ4n) is 10.1. The molecule has 8 rings (SSSR count). The van der Waals surface area contributed by atoms with E-state index in [2.05, 4.69) is 108 Å². The molecule has 0 saturated heterocycles.